The van der Waals surface area contributed by atoms with E-state index in [0.29, 0.717) is 0 Å². The lowest BCUT2D eigenvalue weighted by Crippen LogP contribution is -2.08. The van der Waals surface area contributed by atoms with Gasteiger partial charge in [0.1, 0.15) is 6.10 Å². The number of ether oxygens (including phenoxy) is 1. The molecule has 0 unspecified atom stereocenters. The third-order valence-electron chi connectivity index (χ3n) is 2.03. The minimum atomic E-state index is -0.215. The summed E-state index contributed by atoms with van der Waals surface area (Å²) in [6.07, 6.45) is 1.80. The van der Waals surface area contributed by atoms with Gasteiger partial charge in [-0.2, -0.15) is 0 Å². The third kappa shape index (κ3) is 3.21. The Bertz CT molecular complexity index is 280. The fourth-order valence-electron chi connectivity index (χ4n) is 1.42. The van der Waals surface area contributed by atoms with E-state index in [4.69, 9.17) is 4.74 Å². The summed E-state index contributed by atoms with van der Waals surface area (Å²) < 4.78 is 5.24. The van der Waals surface area contributed by atoms with Gasteiger partial charge in [0.2, 0.25) is 0 Å². The molecule has 1 aromatic carbocycles. The molecular weight excluding hydrogens is 176 g/mol. The van der Waals surface area contributed by atoms with Crippen LogP contribution in [0, 0.1) is 0 Å². The Hall–Kier alpha value is -1.31. The largest absolute Gasteiger partial charge is 0.458 e. The Balaban J connectivity index is 2.72. The summed E-state index contributed by atoms with van der Waals surface area (Å²) in [5.41, 5.74) is 1.07. The first-order valence-electron chi connectivity index (χ1n) is 4.96. The quantitative estimate of drug-likeness (QED) is 0.685. The topological polar surface area (TPSA) is 26.3 Å². The molecule has 0 bridgehead atoms. The molecule has 0 radical (unpaired) electrons. The molecule has 0 saturated carbocycles. The summed E-state index contributed by atoms with van der Waals surface area (Å²) in [4.78, 5) is 10.9. The van der Waals surface area contributed by atoms with E-state index in [1.807, 2.05) is 30.3 Å². The Morgan fingerprint density at radius 1 is 1.36 bits per heavy atom. The molecule has 0 aliphatic carbocycles. The highest BCUT2D eigenvalue weighted by atomic mass is 16.5. The van der Waals surface area contributed by atoms with Crippen LogP contribution in [-0.4, -0.2) is 5.97 Å². The second-order valence-electron chi connectivity index (χ2n) is 3.30. The highest BCUT2D eigenvalue weighted by Gasteiger charge is 2.12. The lowest BCUT2D eigenvalue weighted by atomic mass is 10.1. The minimum absolute atomic E-state index is 0.0845. The van der Waals surface area contributed by atoms with Crippen molar-refractivity contribution in [3.8, 4) is 0 Å². The average molecular weight is 192 g/mol. The van der Waals surface area contributed by atoms with Crippen LogP contribution in [0.1, 0.15) is 38.4 Å². The van der Waals surface area contributed by atoms with E-state index in [1.165, 1.54) is 6.92 Å². The highest BCUT2D eigenvalue weighted by molar-refractivity contribution is 5.66. The van der Waals surface area contributed by atoms with Crippen molar-refractivity contribution in [1.82, 2.24) is 0 Å². The first-order valence-corrected chi connectivity index (χ1v) is 4.96. The monoisotopic (exact) mass is 192 g/mol. The molecule has 14 heavy (non-hydrogen) atoms. The van der Waals surface area contributed by atoms with Crippen molar-refractivity contribution >= 4 is 5.97 Å². The van der Waals surface area contributed by atoms with E-state index in [9.17, 15) is 4.79 Å². The second kappa shape index (κ2) is 5.43. The summed E-state index contributed by atoms with van der Waals surface area (Å²) >= 11 is 0. The Labute approximate surface area is 84.9 Å². The van der Waals surface area contributed by atoms with Crippen LogP contribution in [0.25, 0.3) is 0 Å². The summed E-state index contributed by atoms with van der Waals surface area (Å²) in [6.45, 7) is 3.53. The maximum Gasteiger partial charge on any atom is 0.303 e. The van der Waals surface area contributed by atoms with Crippen LogP contribution in [0.2, 0.25) is 0 Å². The predicted molar refractivity (Wildman–Crippen MR) is 55.9 cm³/mol. The smallest absolute Gasteiger partial charge is 0.303 e. The van der Waals surface area contributed by atoms with Gasteiger partial charge >= 0.3 is 5.97 Å². The summed E-state index contributed by atoms with van der Waals surface area (Å²) in [5, 5.41) is 0. The van der Waals surface area contributed by atoms with Gasteiger partial charge in [-0.25, -0.2) is 0 Å². The molecule has 1 rings (SSSR count). The number of rotatable bonds is 4. The maximum atomic E-state index is 10.9. The van der Waals surface area contributed by atoms with E-state index < -0.39 is 0 Å². The fourth-order valence-corrected chi connectivity index (χ4v) is 1.42. The zero-order valence-electron chi connectivity index (χ0n) is 8.69. The normalized spacial score (nSPS) is 12.1. The van der Waals surface area contributed by atoms with Gasteiger partial charge in [-0.3, -0.25) is 4.79 Å². The Morgan fingerprint density at radius 2 is 2.00 bits per heavy atom. The first kappa shape index (κ1) is 10.8. The van der Waals surface area contributed by atoms with Crippen molar-refractivity contribution in [2.75, 3.05) is 0 Å². The van der Waals surface area contributed by atoms with Crippen LogP contribution >= 0.6 is 0 Å². The van der Waals surface area contributed by atoms with Crippen LogP contribution in [-0.2, 0) is 9.53 Å². The molecule has 0 spiro atoms. The molecule has 0 amide bonds. The maximum absolute atomic E-state index is 10.9. The molecule has 1 aromatic rings. The minimum Gasteiger partial charge on any atom is -0.458 e. The molecule has 76 valence electrons. The van der Waals surface area contributed by atoms with Crippen LogP contribution in [0.15, 0.2) is 30.3 Å². The number of benzene rings is 1. The van der Waals surface area contributed by atoms with Gasteiger partial charge in [0.25, 0.3) is 0 Å². The van der Waals surface area contributed by atoms with Gasteiger partial charge in [-0.1, -0.05) is 43.7 Å². The molecule has 0 heterocycles. The lowest BCUT2D eigenvalue weighted by Gasteiger charge is -2.16. The number of carbonyl (C=O) groups excluding carboxylic acids is 1. The van der Waals surface area contributed by atoms with Gasteiger partial charge in [-0.15, -0.1) is 0 Å². The van der Waals surface area contributed by atoms with Crippen molar-refractivity contribution in [3.63, 3.8) is 0 Å². The molecule has 0 fully saturated rings. The van der Waals surface area contributed by atoms with E-state index in [1.54, 1.807) is 0 Å². The van der Waals surface area contributed by atoms with Gasteiger partial charge in [-0.05, 0) is 12.0 Å². The highest BCUT2D eigenvalue weighted by Crippen LogP contribution is 2.22. The molecular formula is C12H16O2. The first-order chi connectivity index (χ1) is 6.74. The Morgan fingerprint density at radius 3 is 2.50 bits per heavy atom. The van der Waals surface area contributed by atoms with Crippen molar-refractivity contribution in [3.05, 3.63) is 35.9 Å². The van der Waals surface area contributed by atoms with Crippen molar-refractivity contribution in [2.45, 2.75) is 32.8 Å². The van der Waals surface area contributed by atoms with Crippen LogP contribution in [0.5, 0.6) is 0 Å². The standard InChI is InChI=1S/C12H16O2/c1-3-7-12(14-10(2)13)11-8-5-4-6-9-11/h4-6,8-9,12H,3,7H2,1-2H3/t12-/m1/s1. The van der Waals surface area contributed by atoms with Gasteiger partial charge in [0, 0.05) is 6.92 Å². The molecule has 0 aliphatic heterocycles. The van der Waals surface area contributed by atoms with Gasteiger partial charge in [0.05, 0.1) is 0 Å². The number of esters is 1. The molecule has 2 nitrogen and oxygen atoms in total. The second-order valence-corrected chi connectivity index (χ2v) is 3.30. The van der Waals surface area contributed by atoms with Crippen LogP contribution < -0.4 is 0 Å². The molecule has 0 saturated heterocycles. The zero-order chi connectivity index (χ0) is 10.4. The van der Waals surface area contributed by atoms with Crippen LogP contribution in [0.3, 0.4) is 0 Å². The SMILES string of the molecule is CCC[C@@H](OC(C)=O)c1ccccc1. The van der Waals surface area contributed by atoms with Crippen molar-refractivity contribution in [2.24, 2.45) is 0 Å². The van der Waals surface area contributed by atoms with Crippen LogP contribution in [0.4, 0.5) is 0 Å². The number of carbonyl (C=O) groups is 1. The van der Waals surface area contributed by atoms with Crippen molar-refractivity contribution in [1.29, 1.82) is 0 Å². The fraction of sp³-hybridized carbons (Fsp3) is 0.417. The Kier molecular flexibility index (Phi) is 4.17. The molecule has 0 aliphatic rings. The molecule has 0 N–H and O–H groups in total. The summed E-state index contributed by atoms with van der Waals surface area (Å²) in [7, 11) is 0. The van der Waals surface area contributed by atoms with Gasteiger partial charge in [0.15, 0.2) is 0 Å². The molecule has 0 aromatic heterocycles. The van der Waals surface area contributed by atoms with E-state index in [0.717, 1.165) is 18.4 Å². The lowest BCUT2D eigenvalue weighted by molar-refractivity contribution is -0.147. The predicted octanol–water partition coefficient (Wildman–Crippen LogP) is 3.09. The molecule has 1 atom stereocenters. The van der Waals surface area contributed by atoms with Gasteiger partial charge < -0.3 is 4.74 Å². The number of hydrogen-bond donors (Lipinski definition) is 0. The zero-order valence-corrected chi connectivity index (χ0v) is 8.69. The average Bonchev–Trinajstić information content (AvgIpc) is 2.18. The number of hydrogen-bond acceptors (Lipinski definition) is 2. The van der Waals surface area contributed by atoms with Crippen molar-refractivity contribution < 1.29 is 9.53 Å². The summed E-state index contributed by atoms with van der Waals surface area (Å²) in [6, 6.07) is 9.86. The third-order valence-corrected chi connectivity index (χ3v) is 2.03. The van der Waals surface area contributed by atoms with E-state index >= 15 is 0 Å². The summed E-state index contributed by atoms with van der Waals surface area (Å²) in [5.74, 6) is -0.215. The van der Waals surface area contributed by atoms with E-state index in [2.05, 4.69) is 6.92 Å². The molecule has 2 heteroatoms. The van der Waals surface area contributed by atoms with E-state index in [-0.39, 0.29) is 12.1 Å².